The van der Waals surface area contributed by atoms with Gasteiger partial charge in [-0.2, -0.15) is 0 Å². The molecule has 1 aromatic carbocycles. The molecule has 1 amide bonds. The molecular formula is C12H17NO3. The maximum atomic E-state index is 11.0. The standard InChI is InChI=1S/C12H17NO3/c1-3-11(12(13)15)16-10-6-4-9(5-7-10)8(2)14/h4-8,11,14H,3H2,1-2H3,(H2,13,15)/t8-,11?/m1/s1. The Morgan fingerprint density at radius 1 is 1.44 bits per heavy atom. The Morgan fingerprint density at radius 2 is 2.00 bits per heavy atom. The molecule has 3 N–H and O–H groups in total. The molecule has 0 aromatic heterocycles. The summed E-state index contributed by atoms with van der Waals surface area (Å²) in [7, 11) is 0. The van der Waals surface area contributed by atoms with Crippen molar-refractivity contribution >= 4 is 5.91 Å². The van der Waals surface area contributed by atoms with Gasteiger partial charge >= 0.3 is 0 Å². The average molecular weight is 223 g/mol. The van der Waals surface area contributed by atoms with Gasteiger partial charge in [0.2, 0.25) is 0 Å². The molecule has 0 spiro atoms. The van der Waals surface area contributed by atoms with E-state index in [1.807, 2.05) is 6.92 Å². The number of amides is 1. The van der Waals surface area contributed by atoms with Crippen molar-refractivity contribution in [3.63, 3.8) is 0 Å². The maximum Gasteiger partial charge on any atom is 0.258 e. The minimum Gasteiger partial charge on any atom is -0.481 e. The molecule has 88 valence electrons. The van der Waals surface area contributed by atoms with Gasteiger partial charge in [0.15, 0.2) is 6.10 Å². The van der Waals surface area contributed by atoms with E-state index in [4.69, 9.17) is 10.5 Å². The number of carbonyl (C=O) groups is 1. The van der Waals surface area contributed by atoms with Gasteiger partial charge in [0.1, 0.15) is 5.75 Å². The van der Waals surface area contributed by atoms with Crippen molar-refractivity contribution in [2.45, 2.75) is 32.5 Å². The zero-order valence-corrected chi connectivity index (χ0v) is 9.51. The van der Waals surface area contributed by atoms with Crippen LogP contribution >= 0.6 is 0 Å². The minimum atomic E-state index is -0.600. The highest BCUT2D eigenvalue weighted by atomic mass is 16.5. The Morgan fingerprint density at radius 3 is 2.38 bits per heavy atom. The Kier molecular flexibility index (Phi) is 4.31. The molecule has 4 heteroatoms. The van der Waals surface area contributed by atoms with E-state index in [2.05, 4.69) is 0 Å². The van der Waals surface area contributed by atoms with Crippen molar-refractivity contribution in [2.24, 2.45) is 5.73 Å². The van der Waals surface area contributed by atoms with Gasteiger partial charge in [0, 0.05) is 0 Å². The third-order valence-electron chi connectivity index (χ3n) is 2.33. The largest absolute Gasteiger partial charge is 0.481 e. The number of benzene rings is 1. The first-order chi connectivity index (χ1) is 7.54. The number of rotatable bonds is 5. The van der Waals surface area contributed by atoms with Crippen LogP contribution in [0.4, 0.5) is 0 Å². The van der Waals surface area contributed by atoms with Gasteiger partial charge in [0.25, 0.3) is 5.91 Å². The number of primary amides is 1. The summed E-state index contributed by atoms with van der Waals surface area (Å²) in [5, 5.41) is 9.32. The Bertz CT molecular complexity index is 346. The highest BCUT2D eigenvalue weighted by Gasteiger charge is 2.14. The first-order valence-electron chi connectivity index (χ1n) is 5.28. The summed E-state index contributed by atoms with van der Waals surface area (Å²) in [6.07, 6.45) is -0.572. The predicted molar refractivity (Wildman–Crippen MR) is 61.0 cm³/mol. The van der Waals surface area contributed by atoms with Crippen LogP contribution in [-0.2, 0) is 4.79 Å². The summed E-state index contributed by atoms with van der Waals surface area (Å²) < 4.78 is 5.40. The molecular weight excluding hydrogens is 206 g/mol. The van der Waals surface area contributed by atoms with Gasteiger partial charge in [-0.1, -0.05) is 19.1 Å². The van der Waals surface area contributed by atoms with Crippen molar-refractivity contribution in [1.82, 2.24) is 0 Å². The van der Waals surface area contributed by atoms with Gasteiger partial charge < -0.3 is 15.6 Å². The summed E-state index contributed by atoms with van der Waals surface area (Å²) in [6, 6.07) is 6.95. The van der Waals surface area contributed by atoms with Crippen molar-refractivity contribution in [1.29, 1.82) is 0 Å². The SMILES string of the molecule is CCC(Oc1ccc([C@@H](C)O)cc1)C(N)=O. The fourth-order valence-corrected chi connectivity index (χ4v) is 1.33. The summed E-state index contributed by atoms with van der Waals surface area (Å²) in [5.74, 6) is 0.108. The quantitative estimate of drug-likeness (QED) is 0.792. The van der Waals surface area contributed by atoms with Crippen LogP contribution in [0.25, 0.3) is 0 Å². The molecule has 0 aliphatic heterocycles. The van der Waals surface area contributed by atoms with Crippen LogP contribution in [-0.4, -0.2) is 17.1 Å². The van der Waals surface area contributed by atoms with Crippen molar-refractivity contribution < 1.29 is 14.6 Å². The van der Waals surface area contributed by atoms with Crippen molar-refractivity contribution in [3.05, 3.63) is 29.8 Å². The number of carbonyl (C=O) groups excluding carboxylic acids is 1. The van der Waals surface area contributed by atoms with E-state index in [9.17, 15) is 9.90 Å². The molecule has 0 saturated carbocycles. The molecule has 1 rings (SSSR count). The second-order valence-electron chi connectivity index (χ2n) is 3.66. The van der Waals surface area contributed by atoms with Crippen LogP contribution in [0.1, 0.15) is 31.9 Å². The van der Waals surface area contributed by atoms with E-state index in [0.717, 1.165) is 5.56 Å². The molecule has 0 saturated heterocycles. The number of nitrogens with two attached hydrogens (primary N) is 1. The van der Waals surface area contributed by atoms with E-state index in [1.165, 1.54) is 0 Å². The highest BCUT2D eigenvalue weighted by molar-refractivity contribution is 5.79. The maximum absolute atomic E-state index is 11.0. The van der Waals surface area contributed by atoms with Crippen LogP contribution in [0, 0.1) is 0 Å². The number of hydrogen-bond acceptors (Lipinski definition) is 3. The Labute approximate surface area is 95.0 Å². The first kappa shape index (κ1) is 12.5. The first-order valence-corrected chi connectivity index (χ1v) is 5.28. The lowest BCUT2D eigenvalue weighted by Gasteiger charge is -2.14. The molecule has 1 aromatic rings. The summed E-state index contributed by atoms with van der Waals surface area (Å²) in [5.41, 5.74) is 5.97. The number of ether oxygens (including phenoxy) is 1. The zero-order chi connectivity index (χ0) is 12.1. The predicted octanol–water partition coefficient (Wildman–Crippen LogP) is 1.38. The average Bonchev–Trinajstić information content (AvgIpc) is 2.26. The molecule has 0 radical (unpaired) electrons. The lowest BCUT2D eigenvalue weighted by Crippen LogP contribution is -2.32. The third kappa shape index (κ3) is 3.24. The molecule has 16 heavy (non-hydrogen) atoms. The monoisotopic (exact) mass is 223 g/mol. The molecule has 0 heterocycles. The van der Waals surface area contributed by atoms with Crippen LogP contribution in [0.2, 0.25) is 0 Å². The summed E-state index contributed by atoms with van der Waals surface area (Å²) in [6.45, 7) is 3.52. The van der Waals surface area contributed by atoms with Crippen LogP contribution in [0.3, 0.4) is 0 Å². The molecule has 0 aliphatic rings. The fourth-order valence-electron chi connectivity index (χ4n) is 1.33. The van der Waals surface area contributed by atoms with Gasteiger partial charge in [-0.3, -0.25) is 4.79 Å². The smallest absolute Gasteiger partial charge is 0.258 e. The molecule has 4 nitrogen and oxygen atoms in total. The molecule has 2 atom stereocenters. The zero-order valence-electron chi connectivity index (χ0n) is 9.51. The summed E-state index contributed by atoms with van der Waals surface area (Å²) in [4.78, 5) is 11.0. The van der Waals surface area contributed by atoms with E-state index < -0.39 is 18.1 Å². The summed E-state index contributed by atoms with van der Waals surface area (Å²) >= 11 is 0. The lowest BCUT2D eigenvalue weighted by molar-refractivity contribution is -0.124. The molecule has 0 aliphatic carbocycles. The van der Waals surface area contributed by atoms with Crippen LogP contribution in [0.15, 0.2) is 24.3 Å². The second-order valence-corrected chi connectivity index (χ2v) is 3.66. The van der Waals surface area contributed by atoms with Crippen LogP contribution < -0.4 is 10.5 Å². The van der Waals surface area contributed by atoms with E-state index in [1.54, 1.807) is 31.2 Å². The molecule has 1 unspecified atom stereocenters. The van der Waals surface area contributed by atoms with Crippen molar-refractivity contribution in [2.75, 3.05) is 0 Å². The lowest BCUT2D eigenvalue weighted by atomic mass is 10.1. The molecule has 0 fully saturated rings. The minimum absolute atomic E-state index is 0.470. The number of hydrogen-bond donors (Lipinski definition) is 2. The van der Waals surface area contributed by atoms with E-state index in [0.29, 0.717) is 12.2 Å². The van der Waals surface area contributed by atoms with Gasteiger partial charge in [-0.25, -0.2) is 0 Å². The number of aliphatic hydroxyl groups is 1. The van der Waals surface area contributed by atoms with Crippen molar-refractivity contribution in [3.8, 4) is 5.75 Å². The van der Waals surface area contributed by atoms with Crippen LogP contribution in [0.5, 0.6) is 5.75 Å². The van der Waals surface area contributed by atoms with Gasteiger partial charge in [-0.15, -0.1) is 0 Å². The topological polar surface area (TPSA) is 72.6 Å². The Balaban J connectivity index is 2.71. The molecule has 0 bridgehead atoms. The van der Waals surface area contributed by atoms with Gasteiger partial charge in [-0.05, 0) is 31.0 Å². The normalized spacial score (nSPS) is 14.2. The number of aliphatic hydroxyl groups excluding tert-OH is 1. The highest BCUT2D eigenvalue weighted by Crippen LogP contribution is 2.18. The van der Waals surface area contributed by atoms with Gasteiger partial charge in [0.05, 0.1) is 6.10 Å². The van der Waals surface area contributed by atoms with E-state index >= 15 is 0 Å². The van der Waals surface area contributed by atoms with E-state index in [-0.39, 0.29) is 0 Å². The Hall–Kier alpha value is -1.55. The second kappa shape index (κ2) is 5.51. The third-order valence-corrected chi connectivity index (χ3v) is 2.33. The fraction of sp³-hybridized carbons (Fsp3) is 0.417.